The molecule has 1 aromatic carbocycles. The second-order valence-electron chi connectivity index (χ2n) is 6.11. The first-order valence-electron chi connectivity index (χ1n) is 6.65. The van der Waals surface area contributed by atoms with E-state index in [4.69, 9.17) is 0 Å². The molecule has 3 heteroatoms. The summed E-state index contributed by atoms with van der Waals surface area (Å²) in [5, 5.41) is 20.3. The van der Waals surface area contributed by atoms with Gasteiger partial charge in [-0.2, -0.15) is 0 Å². The fourth-order valence-corrected chi connectivity index (χ4v) is 1.85. The zero-order valence-corrected chi connectivity index (χ0v) is 12.4. The van der Waals surface area contributed by atoms with Crippen LogP contribution in [0.2, 0.25) is 0 Å². The fraction of sp³-hybridized carbons (Fsp3) is 0.562. The highest BCUT2D eigenvalue weighted by atomic mass is 16.3. The minimum absolute atomic E-state index is 0.148. The van der Waals surface area contributed by atoms with E-state index in [2.05, 4.69) is 0 Å². The van der Waals surface area contributed by atoms with Crippen molar-refractivity contribution in [1.29, 1.82) is 0 Å². The van der Waals surface area contributed by atoms with Gasteiger partial charge < -0.3 is 10.2 Å². The molecule has 0 aliphatic heterocycles. The Kier molecular flexibility index (Phi) is 4.54. The third-order valence-electron chi connectivity index (χ3n) is 3.20. The molecule has 0 heterocycles. The summed E-state index contributed by atoms with van der Waals surface area (Å²) in [7, 11) is 0. The number of carbonyl (C=O) groups excluding carboxylic acids is 1. The number of aliphatic hydroxyl groups is 2. The van der Waals surface area contributed by atoms with Gasteiger partial charge in [0.25, 0.3) is 0 Å². The van der Waals surface area contributed by atoms with Gasteiger partial charge in [0.2, 0.25) is 0 Å². The second-order valence-corrected chi connectivity index (χ2v) is 6.11. The van der Waals surface area contributed by atoms with E-state index in [0.29, 0.717) is 24.0 Å². The van der Waals surface area contributed by atoms with Crippen LogP contribution in [-0.2, 0) is 22.4 Å². The van der Waals surface area contributed by atoms with Crippen molar-refractivity contribution in [2.45, 2.75) is 58.7 Å². The number of hydrogen-bond acceptors (Lipinski definition) is 3. The minimum atomic E-state index is -0.995. The van der Waals surface area contributed by atoms with Gasteiger partial charge in [0.05, 0.1) is 11.2 Å². The van der Waals surface area contributed by atoms with Crippen molar-refractivity contribution < 1.29 is 15.0 Å². The van der Waals surface area contributed by atoms with Crippen molar-refractivity contribution in [2.75, 3.05) is 0 Å². The molecule has 3 nitrogen and oxygen atoms in total. The third-order valence-corrected chi connectivity index (χ3v) is 3.20. The average Bonchev–Trinajstić information content (AvgIpc) is 2.26. The quantitative estimate of drug-likeness (QED) is 0.859. The van der Waals surface area contributed by atoms with Crippen molar-refractivity contribution in [3.8, 4) is 0 Å². The SMILES string of the molecule is CCC(=O)Cc1cc(C(C)(C)O)cc(C(C)(C)O)c1. The summed E-state index contributed by atoms with van der Waals surface area (Å²) in [6.07, 6.45) is 0.827. The van der Waals surface area contributed by atoms with Crippen LogP contribution in [0.4, 0.5) is 0 Å². The maximum absolute atomic E-state index is 11.6. The normalized spacial score (nSPS) is 12.6. The van der Waals surface area contributed by atoms with Crippen molar-refractivity contribution in [3.63, 3.8) is 0 Å². The van der Waals surface area contributed by atoms with Crippen molar-refractivity contribution in [2.24, 2.45) is 0 Å². The van der Waals surface area contributed by atoms with Crippen molar-refractivity contribution in [1.82, 2.24) is 0 Å². The molecule has 2 N–H and O–H groups in total. The minimum Gasteiger partial charge on any atom is -0.386 e. The maximum atomic E-state index is 11.6. The molecule has 106 valence electrons. The van der Waals surface area contributed by atoms with Gasteiger partial charge in [0.15, 0.2) is 0 Å². The largest absolute Gasteiger partial charge is 0.386 e. The molecule has 0 radical (unpaired) electrons. The van der Waals surface area contributed by atoms with Gasteiger partial charge in [0, 0.05) is 12.8 Å². The first-order chi connectivity index (χ1) is 8.54. The maximum Gasteiger partial charge on any atom is 0.136 e. The molecule has 0 saturated heterocycles. The number of carbonyl (C=O) groups is 1. The molecule has 0 amide bonds. The number of Topliss-reactive ketones (excluding diaryl/α,β-unsaturated/α-hetero) is 1. The Balaban J connectivity index is 3.29. The lowest BCUT2D eigenvalue weighted by atomic mass is 9.88. The molecule has 19 heavy (non-hydrogen) atoms. The summed E-state index contributed by atoms with van der Waals surface area (Å²) in [4.78, 5) is 11.6. The Labute approximate surface area is 115 Å². The van der Waals surface area contributed by atoms with Crippen LogP contribution in [0.1, 0.15) is 57.7 Å². The van der Waals surface area contributed by atoms with Crippen LogP contribution in [0, 0.1) is 0 Å². The predicted molar refractivity (Wildman–Crippen MR) is 75.9 cm³/mol. The fourth-order valence-electron chi connectivity index (χ4n) is 1.85. The monoisotopic (exact) mass is 264 g/mol. The summed E-state index contributed by atoms with van der Waals surface area (Å²) >= 11 is 0. The van der Waals surface area contributed by atoms with Crippen LogP contribution in [0.15, 0.2) is 18.2 Å². The van der Waals surface area contributed by atoms with E-state index in [1.165, 1.54) is 0 Å². The zero-order chi connectivity index (χ0) is 14.8. The second kappa shape index (κ2) is 5.43. The lowest BCUT2D eigenvalue weighted by molar-refractivity contribution is -0.118. The van der Waals surface area contributed by atoms with E-state index in [0.717, 1.165) is 5.56 Å². The first kappa shape index (κ1) is 15.9. The third kappa shape index (κ3) is 4.44. The van der Waals surface area contributed by atoms with Crippen LogP contribution in [0.5, 0.6) is 0 Å². The molecule has 0 aliphatic rings. The van der Waals surface area contributed by atoms with Crippen LogP contribution in [-0.4, -0.2) is 16.0 Å². The van der Waals surface area contributed by atoms with Crippen molar-refractivity contribution >= 4 is 5.78 Å². The summed E-state index contributed by atoms with van der Waals surface area (Å²) in [6, 6.07) is 5.46. The Hall–Kier alpha value is -1.19. The van der Waals surface area contributed by atoms with Crippen LogP contribution >= 0.6 is 0 Å². The molecule has 0 atom stereocenters. The highest BCUT2D eigenvalue weighted by Crippen LogP contribution is 2.28. The average molecular weight is 264 g/mol. The van der Waals surface area contributed by atoms with Gasteiger partial charge in [-0.1, -0.05) is 25.1 Å². The van der Waals surface area contributed by atoms with Gasteiger partial charge in [-0.05, 0) is 44.4 Å². The molecule has 0 unspecified atom stereocenters. The Morgan fingerprint density at radius 3 is 1.74 bits per heavy atom. The summed E-state index contributed by atoms with van der Waals surface area (Å²) < 4.78 is 0. The smallest absolute Gasteiger partial charge is 0.136 e. The number of rotatable bonds is 5. The van der Waals surface area contributed by atoms with E-state index in [9.17, 15) is 15.0 Å². The molecule has 0 spiro atoms. The van der Waals surface area contributed by atoms with E-state index < -0.39 is 11.2 Å². The Bertz CT molecular complexity index is 430. The number of ketones is 1. The summed E-state index contributed by atoms with van der Waals surface area (Å²) in [6.45, 7) is 8.62. The molecular weight excluding hydrogens is 240 g/mol. The molecule has 1 aromatic rings. The predicted octanol–water partition coefficient (Wildman–Crippen LogP) is 2.66. The topological polar surface area (TPSA) is 57.5 Å². The Morgan fingerprint density at radius 2 is 1.42 bits per heavy atom. The Morgan fingerprint density at radius 1 is 1.00 bits per heavy atom. The van der Waals surface area contributed by atoms with E-state index in [-0.39, 0.29) is 5.78 Å². The van der Waals surface area contributed by atoms with E-state index in [1.54, 1.807) is 33.8 Å². The highest BCUT2D eigenvalue weighted by Gasteiger charge is 2.23. The van der Waals surface area contributed by atoms with Gasteiger partial charge in [0.1, 0.15) is 5.78 Å². The molecule has 0 aromatic heterocycles. The molecule has 0 saturated carbocycles. The van der Waals surface area contributed by atoms with Crippen LogP contribution in [0.3, 0.4) is 0 Å². The summed E-state index contributed by atoms with van der Waals surface area (Å²) in [5.74, 6) is 0.148. The highest BCUT2D eigenvalue weighted by molar-refractivity contribution is 5.80. The number of benzene rings is 1. The number of hydrogen-bond donors (Lipinski definition) is 2. The molecule has 0 fully saturated rings. The molecule has 0 bridgehead atoms. The summed E-state index contributed by atoms with van der Waals surface area (Å²) in [5.41, 5.74) is 0.275. The van der Waals surface area contributed by atoms with Gasteiger partial charge >= 0.3 is 0 Å². The first-order valence-corrected chi connectivity index (χ1v) is 6.65. The van der Waals surface area contributed by atoms with Gasteiger partial charge in [-0.15, -0.1) is 0 Å². The standard InChI is InChI=1S/C16H24O3/c1-6-14(17)9-11-7-12(15(2,3)18)10-13(8-11)16(4,5)19/h7-8,10,18-19H,6,9H2,1-5H3. The van der Waals surface area contributed by atoms with Crippen molar-refractivity contribution in [3.05, 3.63) is 34.9 Å². The molecule has 1 rings (SSSR count). The van der Waals surface area contributed by atoms with Gasteiger partial charge in [-0.25, -0.2) is 0 Å². The van der Waals surface area contributed by atoms with Crippen LogP contribution in [0.25, 0.3) is 0 Å². The lowest BCUT2D eigenvalue weighted by Crippen LogP contribution is -2.21. The van der Waals surface area contributed by atoms with E-state index >= 15 is 0 Å². The zero-order valence-electron chi connectivity index (χ0n) is 12.4. The van der Waals surface area contributed by atoms with E-state index in [1.807, 2.05) is 19.1 Å². The lowest BCUT2D eigenvalue weighted by Gasteiger charge is -2.24. The molecular formula is C16H24O3. The van der Waals surface area contributed by atoms with Gasteiger partial charge in [-0.3, -0.25) is 4.79 Å². The van der Waals surface area contributed by atoms with Crippen LogP contribution < -0.4 is 0 Å². The molecule has 0 aliphatic carbocycles.